The molecule has 0 fully saturated rings. The standard InChI is InChI=1S/C25H30ClN5O4/c1-6-13-27-23(33)28-16-9-7-10-17(14-16)30-21(15(2)31(24(34)35)25(3,4)5)29-19-12-8-11-18(26)20(19)22(30)32/h7-12,14-15H,6,13H2,1-5H3,(H,34,35)(H2,27,28,33). The summed E-state index contributed by atoms with van der Waals surface area (Å²) >= 11 is 6.36. The van der Waals surface area contributed by atoms with Gasteiger partial charge in [-0.3, -0.25) is 14.3 Å². The van der Waals surface area contributed by atoms with Crippen LogP contribution >= 0.6 is 11.6 Å². The van der Waals surface area contributed by atoms with Crippen LogP contribution in [0.2, 0.25) is 5.02 Å². The maximum atomic E-state index is 13.8. The van der Waals surface area contributed by atoms with Crippen LogP contribution in [0.25, 0.3) is 16.6 Å². The summed E-state index contributed by atoms with van der Waals surface area (Å²) in [6, 6.07) is 10.5. The number of carbonyl (C=O) groups is 2. The number of aromatic nitrogens is 2. The molecule has 0 saturated heterocycles. The topological polar surface area (TPSA) is 117 Å². The first kappa shape index (κ1) is 26.0. The fraction of sp³-hybridized carbons (Fsp3) is 0.360. The Balaban J connectivity index is 2.25. The van der Waals surface area contributed by atoms with Gasteiger partial charge in [-0.15, -0.1) is 0 Å². The van der Waals surface area contributed by atoms with Crippen LogP contribution in [0, 0.1) is 0 Å². The van der Waals surface area contributed by atoms with Crippen molar-refractivity contribution in [2.24, 2.45) is 0 Å². The minimum atomic E-state index is -1.14. The van der Waals surface area contributed by atoms with Gasteiger partial charge in [0.05, 0.1) is 27.7 Å². The SMILES string of the molecule is CCCNC(=O)Nc1cccc(-n2c(C(C)N(C(=O)O)C(C)(C)C)nc3cccc(Cl)c3c2=O)c1. The van der Waals surface area contributed by atoms with Crippen LogP contribution in [-0.4, -0.2) is 43.8 Å². The smallest absolute Gasteiger partial charge is 0.408 e. The summed E-state index contributed by atoms with van der Waals surface area (Å²) in [7, 11) is 0. The molecule has 2 aromatic carbocycles. The van der Waals surface area contributed by atoms with Crippen molar-refractivity contribution in [3.8, 4) is 5.69 Å². The molecule has 0 saturated carbocycles. The highest BCUT2D eigenvalue weighted by Crippen LogP contribution is 2.30. The third-order valence-electron chi connectivity index (χ3n) is 5.46. The molecule has 0 radical (unpaired) electrons. The van der Waals surface area contributed by atoms with E-state index in [-0.39, 0.29) is 22.3 Å². The van der Waals surface area contributed by atoms with E-state index < -0.39 is 23.2 Å². The summed E-state index contributed by atoms with van der Waals surface area (Å²) in [5.41, 5.74) is 0.0468. The molecule has 1 aromatic heterocycles. The molecule has 9 nitrogen and oxygen atoms in total. The van der Waals surface area contributed by atoms with Gasteiger partial charge in [-0.05, 0) is 64.4 Å². The summed E-state index contributed by atoms with van der Waals surface area (Å²) in [6.45, 7) is 9.49. The number of hydrogen-bond donors (Lipinski definition) is 3. The molecule has 3 N–H and O–H groups in total. The molecule has 3 rings (SSSR count). The van der Waals surface area contributed by atoms with Crippen LogP contribution < -0.4 is 16.2 Å². The lowest BCUT2D eigenvalue weighted by Gasteiger charge is -2.38. The van der Waals surface area contributed by atoms with Crippen molar-refractivity contribution in [2.45, 2.75) is 52.6 Å². The summed E-state index contributed by atoms with van der Waals surface area (Å²) in [5, 5.41) is 15.9. The van der Waals surface area contributed by atoms with E-state index in [4.69, 9.17) is 16.6 Å². The molecule has 186 valence electrons. The Morgan fingerprint density at radius 1 is 1.20 bits per heavy atom. The zero-order valence-corrected chi connectivity index (χ0v) is 21.2. The average molecular weight is 500 g/mol. The highest BCUT2D eigenvalue weighted by Gasteiger charge is 2.34. The van der Waals surface area contributed by atoms with E-state index in [9.17, 15) is 19.5 Å². The predicted molar refractivity (Wildman–Crippen MR) is 138 cm³/mol. The van der Waals surface area contributed by atoms with Crippen molar-refractivity contribution in [1.29, 1.82) is 0 Å². The van der Waals surface area contributed by atoms with E-state index in [1.807, 2.05) is 6.92 Å². The molecule has 0 aliphatic heterocycles. The number of rotatable bonds is 6. The lowest BCUT2D eigenvalue weighted by atomic mass is 10.0. The van der Waals surface area contributed by atoms with Crippen LogP contribution in [0.15, 0.2) is 47.3 Å². The van der Waals surface area contributed by atoms with E-state index in [1.165, 1.54) is 9.47 Å². The minimum Gasteiger partial charge on any atom is -0.465 e. The summed E-state index contributed by atoms with van der Waals surface area (Å²) < 4.78 is 1.36. The molecule has 0 spiro atoms. The molecular weight excluding hydrogens is 470 g/mol. The maximum absolute atomic E-state index is 13.8. The number of fused-ring (bicyclic) bond motifs is 1. The molecule has 0 bridgehead atoms. The number of carboxylic acid groups (broad SMARTS) is 1. The van der Waals surface area contributed by atoms with Crippen molar-refractivity contribution < 1.29 is 14.7 Å². The molecule has 3 aromatic rings. The molecule has 3 amide bonds. The van der Waals surface area contributed by atoms with Crippen molar-refractivity contribution in [3.05, 3.63) is 63.7 Å². The number of urea groups is 1. The number of carbonyl (C=O) groups excluding carboxylic acids is 1. The molecule has 35 heavy (non-hydrogen) atoms. The van der Waals surface area contributed by atoms with Gasteiger partial charge in [-0.25, -0.2) is 14.6 Å². The minimum absolute atomic E-state index is 0.224. The zero-order valence-electron chi connectivity index (χ0n) is 20.4. The van der Waals surface area contributed by atoms with Gasteiger partial charge >= 0.3 is 12.1 Å². The molecular formula is C25H30ClN5O4. The Bertz CT molecular complexity index is 1320. The summed E-state index contributed by atoms with van der Waals surface area (Å²) in [5.74, 6) is 0.231. The second-order valence-electron chi connectivity index (χ2n) is 9.18. The third-order valence-corrected chi connectivity index (χ3v) is 5.78. The number of benzene rings is 2. The van der Waals surface area contributed by atoms with E-state index in [0.29, 0.717) is 23.4 Å². The van der Waals surface area contributed by atoms with Gasteiger partial charge in [0.2, 0.25) is 0 Å². The fourth-order valence-electron chi connectivity index (χ4n) is 4.02. The van der Waals surface area contributed by atoms with Crippen LogP contribution in [0.5, 0.6) is 0 Å². The van der Waals surface area contributed by atoms with Gasteiger partial charge in [-0.2, -0.15) is 0 Å². The molecule has 1 unspecified atom stereocenters. The quantitative estimate of drug-likeness (QED) is 0.419. The van der Waals surface area contributed by atoms with Gasteiger partial charge < -0.3 is 15.7 Å². The Morgan fingerprint density at radius 2 is 1.89 bits per heavy atom. The Labute approximate surface area is 208 Å². The number of hydrogen-bond acceptors (Lipinski definition) is 4. The first-order valence-electron chi connectivity index (χ1n) is 11.3. The third kappa shape index (κ3) is 5.57. The molecule has 0 aliphatic carbocycles. The van der Waals surface area contributed by atoms with Gasteiger partial charge in [0.1, 0.15) is 5.82 Å². The van der Waals surface area contributed by atoms with Crippen LogP contribution in [0.1, 0.15) is 52.9 Å². The molecule has 1 atom stereocenters. The Hall–Kier alpha value is -3.59. The number of nitrogens with one attached hydrogen (secondary N) is 2. The fourth-order valence-corrected chi connectivity index (χ4v) is 4.27. The second kappa shape index (κ2) is 10.4. The monoisotopic (exact) mass is 499 g/mol. The lowest BCUT2D eigenvalue weighted by molar-refractivity contribution is 0.0719. The van der Waals surface area contributed by atoms with Gasteiger partial charge in [0.25, 0.3) is 5.56 Å². The zero-order chi connectivity index (χ0) is 25.9. The normalized spacial score (nSPS) is 12.3. The van der Waals surface area contributed by atoms with Gasteiger partial charge in [0.15, 0.2) is 0 Å². The molecule has 0 aliphatic rings. The Kier molecular flexibility index (Phi) is 7.70. The maximum Gasteiger partial charge on any atom is 0.408 e. The molecule has 10 heteroatoms. The number of anilines is 1. The van der Waals surface area contributed by atoms with Gasteiger partial charge in [0, 0.05) is 17.8 Å². The highest BCUT2D eigenvalue weighted by molar-refractivity contribution is 6.35. The van der Waals surface area contributed by atoms with Gasteiger partial charge in [-0.1, -0.05) is 30.7 Å². The first-order valence-corrected chi connectivity index (χ1v) is 11.7. The van der Waals surface area contributed by atoms with Crippen LogP contribution in [0.3, 0.4) is 0 Å². The number of halogens is 1. The second-order valence-corrected chi connectivity index (χ2v) is 9.58. The van der Waals surface area contributed by atoms with Crippen LogP contribution in [0.4, 0.5) is 15.3 Å². The predicted octanol–water partition coefficient (Wildman–Crippen LogP) is 5.41. The Morgan fingerprint density at radius 3 is 2.51 bits per heavy atom. The van der Waals surface area contributed by atoms with E-state index >= 15 is 0 Å². The lowest BCUT2D eigenvalue weighted by Crippen LogP contribution is -2.47. The van der Waals surface area contributed by atoms with E-state index in [2.05, 4.69) is 10.6 Å². The average Bonchev–Trinajstić information content (AvgIpc) is 2.76. The van der Waals surface area contributed by atoms with Crippen molar-refractivity contribution in [3.63, 3.8) is 0 Å². The van der Waals surface area contributed by atoms with Crippen molar-refractivity contribution >= 4 is 40.3 Å². The van der Waals surface area contributed by atoms with E-state index in [1.54, 1.807) is 70.2 Å². The summed E-state index contributed by atoms with van der Waals surface area (Å²) in [6.07, 6.45) is -0.346. The molecule has 1 heterocycles. The largest absolute Gasteiger partial charge is 0.465 e. The van der Waals surface area contributed by atoms with E-state index in [0.717, 1.165) is 6.42 Å². The number of amides is 3. The highest BCUT2D eigenvalue weighted by atomic mass is 35.5. The first-order chi connectivity index (χ1) is 16.5. The summed E-state index contributed by atoms with van der Waals surface area (Å²) in [4.78, 5) is 44.1. The number of nitrogens with zero attached hydrogens (tertiary/aromatic N) is 3. The van der Waals surface area contributed by atoms with Crippen molar-refractivity contribution in [2.75, 3.05) is 11.9 Å². The van der Waals surface area contributed by atoms with Crippen molar-refractivity contribution in [1.82, 2.24) is 19.8 Å². The van der Waals surface area contributed by atoms with Crippen LogP contribution in [-0.2, 0) is 0 Å².